The van der Waals surface area contributed by atoms with E-state index in [2.05, 4.69) is 0 Å². The summed E-state index contributed by atoms with van der Waals surface area (Å²) in [6, 6.07) is 0. The first-order valence-corrected chi connectivity index (χ1v) is 9.34. The van der Waals surface area contributed by atoms with Crippen LogP contribution in [0.2, 0.25) is 0 Å². The molecule has 2 heterocycles. The van der Waals surface area contributed by atoms with Crippen molar-refractivity contribution in [3.05, 3.63) is 0 Å². The largest absolute Gasteiger partial charge is 0.444 e. The topological polar surface area (TPSA) is 110 Å². The fourth-order valence-corrected chi connectivity index (χ4v) is 3.68. The van der Waals surface area contributed by atoms with Crippen molar-refractivity contribution in [2.45, 2.75) is 44.5 Å². The number of primary sulfonamides is 1. The smallest absolute Gasteiger partial charge is 0.410 e. The fourth-order valence-electron chi connectivity index (χ4n) is 2.92. The van der Waals surface area contributed by atoms with Gasteiger partial charge in [0, 0.05) is 32.6 Å². The van der Waals surface area contributed by atoms with Crippen molar-refractivity contribution in [3.63, 3.8) is 0 Å². The maximum atomic E-state index is 12.0. The third kappa shape index (κ3) is 4.81. The molecule has 0 aliphatic carbocycles. The van der Waals surface area contributed by atoms with E-state index in [0.717, 1.165) is 6.42 Å². The van der Waals surface area contributed by atoms with Crippen LogP contribution in [0.4, 0.5) is 4.79 Å². The monoisotopic (exact) mass is 347 g/mol. The van der Waals surface area contributed by atoms with E-state index in [4.69, 9.17) is 9.88 Å². The lowest BCUT2D eigenvalue weighted by molar-refractivity contribution is -0.128. The Labute approximate surface area is 137 Å². The zero-order valence-corrected chi connectivity index (χ0v) is 14.6. The molecule has 23 heavy (non-hydrogen) atoms. The maximum absolute atomic E-state index is 12.0. The second-order valence-electron chi connectivity index (χ2n) is 7.29. The fraction of sp³-hybridized carbons (Fsp3) is 0.857. The summed E-state index contributed by atoms with van der Waals surface area (Å²) in [6.07, 6.45) is 0.361. The minimum absolute atomic E-state index is 0.0542. The molecular formula is C14H25N3O5S. The predicted octanol–water partition coefficient (Wildman–Crippen LogP) is 0.133. The molecule has 2 rings (SSSR count). The number of rotatable bonds is 3. The lowest BCUT2D eigenvalue weighted by atomic mass is 10.1. The number of likely N-dealkylation sites (tertiary alicyclic amines) is 2. The van der Waals surface area contributed by atoms with Crippen LogP contribution in [-0.2, 0) is 19.6 Å². The zero-order valence-electron chi connectivity index (χ0n) is 13.8. The van der Waals surface area contributed by atoms with Crippen molar-refractivity contribution in [2.24, 2.45) is 11.1 Å². The van der Waals surface area contributed by atoms with E-state index >= 15 is 0 Å². The Balaban J connectivity index is 1.86. The molecule has 8 nitrogen and oxygen atoms in total. The van der Waals surface area contributed by atoms with Gasteiger partial charge in [0.15, 0.2) is 0 Å². The number of carbonyl (C=O) groups excluding carboxylic acids is 2. The van der Waals surface area contributed by atoms with Gasteiger partial charge in [0.05, 0.1) is 0 Å². The molecule has 0 spiro atoms. The summed E-state index contributed by atoms with van der Waals surface area (Å²) < 4.78 is 28.1. The maximum Gasteiger partial charge on any atom is 0.410 e. The predicted molar refractivity (Wildman–Crippen MR) is 84.0 cm³/mol. The molecule has 0 aromatic rings. The van der Waals surface area contributed by atoms with E-state index in [1.54, 1.807) is 9.80 Å². The van der Waals surface area contributed by atoms with E-state index in [0.29, 0.717) is 19.6 Å². The van der Waals surface area contributed by atoms with E-state index in [1.807, 2.05) is 20.8 Å². The molecule has 2 saturated heterocycles. The van der Waals surface area contributed by atoms with E-state index in [9.17, 15) is 18.0 Å². The zero-order chi connectivity index (χ0) is 17.4. The molecule has 2 aliphatic heterocycles. The van der Waals surface area contributed by atoms with Crippen molar-refractivity contribution in [1.29, 1.82) is 0 Å². The molecule has 2 amide bonds. The average molecular weight is 347 g/mol. The van der Waals surface area contributed by atoms with Gasteiger partial charge in [-0.1, -0.05) is 0 Å². The van der Waals surface area contributed by atoms with Gasteiger partial charge in [-0.25, -0.2) is 18.4 Å². The summed E-state index contributed by atoms with van der Waals surface area (Å²) in [6.45, 7) is 7.13. The van der Waals surface area contributed by atoms with Crippen molar-refractivity contribution in [3.8, 4) is 0 Å². The lowest BCUT2D eigenvalue weighted by Gasteiger charge is -2.25. The highest BCUT2D eigenvalue weighted by Gasteiger charge is 2.38. The highest BCUT2D eigenvalue weighted by atomic mass is 32.2. The van der Waals surface area contributed by atoms with Gasteiger partial charge in [-0.15, -0.1) is 0 Å². The van der Waals surface area contributed by atoms with Crippen LogP contribution in [0.25, 0.3) is 0 Å². The van der Waals surface area contributed by atoms with Gasteiger partial charge < -0.3 is 14.5 Å². The Bertz CT molecular complexity index is 584. The molecule has 2 N–H and O–H groups in total. The third-order valence-electron chi connectivity index (χ3n) is 4.06. The van der Waals surface area contributed by atoms with Crippen LogP contribution in [0, 0.1) is 5.92 Å². The van der Waals surface area contributed by atoms with Gasteiger partial charge in [0.1, 0.15) is 10.9 Å². The number of hydrogen-bond donors (Lipinski definition) is 1. The molecule has 132 valence electrons. The minimum Gasteiger partial charge on any atom is -0.444 e. The molecule has 2 atom stereocenters. The Hall–Kier alpha value is -1.35. The van der Waals surface area contributed by atoms with Crippen molar-refractivity contribution in [2.75, 3.05) is 26.2 Å². The molecule has 1 unspecified atom stereocenters. The summed E-state index contributed by atoms with van der Waals surface area (Å²) in [5, 5.41) is 4.30. The standard InChI is InChI=1S/C14H25N3O5S/c1-14(2,3)22-13(19)16-5-4-10(7-16)8-17-9-11(6-12(17)18)23(15,20)21/h10-11H,4-9H2,1-3H3,(H2,15,20,21)/t10-,11?/m0/s1. The van der Waals surface area contributed by atoms with Gasteiger partial charge in [-0.05, 0) is 33.1 Å². The summed E-state index contributed by atoms with van der Waals surface area (Å²) in [7, 11) is -3.69. The molecule has 0 radical (unpaired) electrons. The van der Waals surface area contributed by atoms with Crippen molar-refractivity contribution >= 4 is 22.0 Å². The average Bonchev–Trinajstić information content (AvgIpc) is 2.95. The quantitative estimate of drug-likeness (QED) is 0.780. The van der Waals surface area contributed by atoms with Crippen LogP contribution < -0.4 is 5.14 Å². The van der Waals surface area contributed by atoms with Crippen LogP contribution >= 0.6 is 0 Å². The number of hydrogen-bond acceptors (Lipinski definition) is 5. The Morgan fingerprint density at radius 3 is 2.52 bits per heavy atom. The van der Waals surface area contributed by atoms with Crippen LogP contribution in [0.5, 0.6) is 0 Å². The van der Waals surface area contributed by atoms with Gasteiger partial charge >= 0.3 is 6.09 Å². The SMILES string of the molecule is CC(C)(C)OC(=O)N1CC[C@H](CN2CC(S(N)(=O)=O)CC2=O)C1. The summed E-state index contributed by atoms with van der Waals surface area (Å²) in [5.74, 6) is -0.0644. The van der Waals surface area contributed by atoms with Crippen LogP contribution in [0.1, 0.15) is 33.6 Å². The summed E-state index contributed by atoms with van der Waals surface area (Å²) in [4.78, 5) is 27.1. The number of sulfonamides is 1. The summed E-state index contributed by atoms with van der Waals surface area (Å²) >= 11 is 0. The van der Waals surface area contributed by atoms with E-state index in [-0.39, 0.29) is 30.9 Å². The number of nitrogens with zero attached hydrogens (tertiary/aromatic N) is 2. The van der Waals surface area contributed by atoms with Gasteiger partial charge in [0.25, 0.3) is 0 Å². The lowest BCUT2D eigenvalue weighted by Crippen LogP contribution is -2.37. The molecule has 0 saturated carbocycles. The number of nitrogens with two attached hydrogens (primary N) is 1. The second kappa shape index (κ2) is 6.27. The number of carbonyl (C=O) groups is 2. The Kier molecular flexibility index (Phi) is 4.91. The van der Waals surface area contributed by atoms with Crippen LogP contribution in [0.3, 0.4) is 0 Å². The van der Waals surface area contributed by atoms with Crippen LogP contribution in [0.15, 0.2) is 0 Å². The summed E-state index contributed by atoms with van der Waals surface area (Å²) in [5.41, 5.74) is -0.539. The first kappa shape index (κ1) is 18.0. The highest BCUT2D eigenvalue weighted by Crippen LogP contribution is 2.24. The normalized spacial score (nSPS) is 26.0. The Morgan fingerprint density at radius 1 is 1.35 bits per heavy atom. The van der Waals surface area contributed by atoms with Crippen molar-refractivity contribution in [1.82, 2.24) is 9.80 Å². The molecule has 9 heteroatoms. The number of amides is 2. The van der Waals surface area contributed by atoms with Crippen molar-refractivity contribution < 1.29 is 22.7 Å². The molecule has 2 fully saturated rings. The second-order valence-corrected chi connectivity index (χ2v) is 9.14. The Morgan fingerprint density at radius 2 is 2.00 bits per heavy atom. The van der Waals surface area contributed by atoms with E-state index in [1.165, 1.54) is 0 Å². The molecule has 0 bridgehead atoms. The van der Waals surface area contributed by atoms with Gasteiger partial charge in [-0.3, -0.25) is 4.79 Å². The minimum atomic E-state index is -3.69. The molecular weight excluding hydrogens is 322 g/mol. The first-order valence-electron chi connectivity index (χ1n) is 7.73. The highest BCUT2D eigenvalue weighted by molar-refractivity contribution is 7.89. The third-order valence-corrected chi connectivity index (χ3v) is 5.30. The molecule has 2 aliphatic rings. The molecule has 0 aromatic carbocycles. The molecule has 0 aromatic heterocycles. The van der Waals surface area contributed by atoms with E-state index < -0.39 is 20.9 Å². The van der Waals surface area contributed by atoms with Crippen LogP contribution in [-0.4, -0.2) is 67.2 Å². The van der Waals surface area contributed by atoms with Gasteiger partial charge in [-0.2, -0.15) is 0 Å². The van der Waals surface area contributed by atoms with Gasteiger partial charge in [0.2, 0.25) is 15.9 Å². The first-order chi connectivity index (χ1) is 10.5. The number of ether oxygens (including phenoxy) is 1.